The maximum Gasteiger partial charge on any atom is 0.252 e. The van der Waals surface area contributed by atoms with Crippen LogP contribution in [0.4, 0.5) is 5.95 Å². The number of amides is 1. The summed E-state index contributed by atoms with van der Waals surface area (Å²) in [6.45, 7) is 8.88. The summed E-state index contributed by atoms with van der Waals surface area (Å²) in [5.41, 5.74) is 2.19. The van der Waals surface area contributed by atoms with Gasteiger partial charge in [0.25, 0.3) is 11.5 Å². The number of anilines is 1. The molecule has 2 N–H and O–H groups in total. The van der Waals surface area contributed by atoms with E-state index in [4.69, 9.17) is 0 Å². The first kappa shape index (κ1) is 23.0. The highest BCUT2D eigenvalue weighted by molar-refractivity contribution is 5.94. The second kappa shape index (κ2) is 9.33. The van der Waals surface area contributed by atoms with Crippen molar-refractivity contribution < 1.29 is 4.79 Å². The maximum atomic E-state index is 12.5. The van der Waals surface area contributed by atoms with Gasteiger partial charge in [-0.3, -0.25) is 14.2 Å². The molecule has 4 rings (SSSR count). The number of rotatable bonds is 6. The number of carbonyl (C=O) groups excluding carboxylic acids is 1. The van der Waals surface area contributed by atoms with Crippen molar-refractivity contribution in [2.75, 3.05) is 5.32 Å². The molecule has 1 aliphatic rings. The fraction of sp³-hybridized carbons (Fsp3) is 0.462. The van der Waals surface area contributed by atoms with Crippen LogP contribution in [0.1, 0.15) is 75.3 Å². The topological polar surface area (TPSA) is 88.9 Å². The molecule has 3 aromatic rings. The summed E-state index contributed by atoms with van der Waals surface area (Å²) >= 11 is 0. The molecular formula is C26H33N5O2. The standard InChI is InChI=1S/C26H33N5O2/c1-17(18-9-11-19(12-10-18)24(33)29-21-7-5-6-8-21)28-25-27-15-20-13-14-22(32)31(23(20)30-25)16-26(2,3)4/h9-15,17,21H,5-8,16H2,1-4H3,(H,29,33)(H,27,28,30)/t17-/m0/s1. The van der Waals surface area contributed by atoms with Gasteiger partial charge >= 0.3 is 0 Å². The Bertz CT molecular complexity index is 1190. The molecule has 1 fully saturated rings. The van der Waals surface area contributed by atoms with E-state index in [-0.39, 0.29) is 22.9 Å². The van der Waals surface area contributed by atoms with Gasteiger partial charge in [0, 0.05) is 35.8 Å². The Kier molecular flexibility index (Phi) is 6.49. The lowest BCUT2D eigenvalue weighted by atomic mass is 9.97. The molecule has 1 amide bonds. The van der Waals surface area contributed by atoms with E-state index in [1.807, 2.05) is 31.2 Å². The van der Waals surface area contributed by atoms with Crippen LogP contribution in [0.3, 0.4) is 0 Å². The van der Waals surface area contributed by atoms with Crippen molar-refractivity contribution in [3.05, 3.63) is 64.1 Å². The van der Waals surface area contributed by atoms with Crippen LogP contribution in [0, 0.1) is 5.41 Å². The molecular weight excluding hydrogens is 414 g/mol. The summed E-state index contributed by atoms with van der Waals surface area (Å²) in [5, 5.41) is 7.28. The number of hydrogen-bond acceptors (Lipinski definition) is 5. The fourth-order valence-corrected chi connectivity index (χ4v) is 4.31. The maximum absolute atomic E-state index is 12.5. The highest BCUT2D eigenvalue weighted by Crippen LogP contribution is 2.22. The first-order chi connectivity index (χ1) is 15.7. The van der Waals surface area contributed by atoms with Gasteiger partial charge in [0.1, 0.15) is 5.65 Å². The van der Waals surface area contributed by atoms with Crippen LogP contribution in [0.2, 0.25) is 0 Å². The van der Waals surface area contributed by atoms with E-state index in [2.05, 4.69) is 41.4 Å². The molecule has 0 aliphatic heterocycles. The lowest BCUT2D eigenvalue weighted by Gasteiger charge is -2.21. The normalized spacial score (nSPS) is 15.5. The molecule has 0 radical (unpaired) electrons. The van der Waals surface area contributed by atoms with E-state index in [9.17, 15) is 9.59 Å². The van der Waals surface area contributed by atoms with Crippen molar-refractivity contribution in [3.8, 4) is 0 Å². The van der Waals surface area contributed by atoms with E-state index in [1.54, 1.807) is 22.9 Å². The number of carbonyl (C=O) groups is 1. The number of hydrogen-bond donors (Lipinski definition) is 2. The zero-order valence-corrected chi connectivity index (χ0v) is 19.9. The number of fused-ring (bicyclic) bond motifs is 1. The van der Waals surface area contributed by atoms with Gasteiger partial charge in [-0.05, 0) is 48.9 Å². The van der Waals surface area contributed by atoms with Gasteiger partial charge in [-0.25, -0.2) is 4.98 Å². The number of benzene rings is 1. The first-order valence-corrected chi connectivity index (χ1v) is 11.7. The van der Waals surface area contributed by atoms with E-state index >= 15 is 0 Å². The Morgan fingerprint density at radius 3 is 2.48 bits per heavy atom. The third kappa shape index (κ3) is 5.59. The van der Waals surface area contributed by atoms with Crippen LogP contribution >= 0.6 is 0 Å². The molecule has 0 saturated heterocycles. The summed E-state index contributed by atoms with van der Waals surface area (Å²) in [6, 6.07) is 11.2. The fourth-order valence-electron chi connectivity index (χ4n) is 4.31. The minimum atomic E-state index is -0.0686. The predicted octanol–water partition coefficient (Wildman–Crippen LogP) is 4.68. The summed E-state index contributed by atoms with van der Waals surface area (Å²) < 4.78 is 1.71. The number of nitrogens with one attached hydrogen (secondary N) is 2. The van der Waals surface area contributed by atoms with Crippen molar-refractivity contribution in [1.29, 1.82) is 0 Å². The van der Waals surface area contributed by atoms with E-state index in [0.717, 1.165) is 23.8 Å². The molecule has 0 bridgehead atoms. The van der Waals surface area contributed by atoms with Gasteiger partial charge in [-0.1, -0.05) is 45.7 Å². The molecule has 33 heavy (non-hydrogen) atoms. The highest BCUT2D eigenvalue weighted by atomic mass is 16.1. The van der Waals surface area contributed by atoms with E-state index in [0.29, 0.717) is 29.7 Å². The summed E-state index contributed by atoms with van der Waals surface area (Å²) in [7, 11) is 0. The highest BCUT2D eigenvalue weighted by Gasteiger charge is 2.19. The zero-order valence-electron chi connectivity index (χ0n) is 19.9. The van der Waals surface area contributed by atoms with Gasteiger partial charge in [0.05, 0.1) is 6.04 Å². The first-order valence-electron chi connectivity index (χ1n) is 11.7. The summed E-state index contributed by atoms with van der Waals surface area (Å²) in [5.74, 6) is 0.454. The summed E-state index contributed by atoms with van der Waals surface area (Å²) in [6.07, 6.45) is 6.26. The second-order valence-electron chi connectivity index (χ2n) is 10.2. The van der Waals surface area contributed by atoms with E-state index in [1.165, 1.54) is 12.8 Å². The lowest BCUT2D eigenvalue weighted by Crippen LogP contribution is -2.32. The van der Waals surface area contributed by atoms with Crippen LogP contribution in [-0.2, 0) is 6.54 Å². The van der Waals surface area contributed by atoms with Gasteiger partial charge in [0.2, 0.25) is 5.95 Å². The second-order valence-corrected chi connectivity index (χ2v) is 10.2. The average molecular weight is 448 g/mol. The van der Waals surface area contributed by atoms with Crippen molar-refractivity contribution in [3.63, 3.8) is 0 Å². The molecule has 7 heteroatoms. The minimum absolute atomic E-state index is 0.0104. The number of aromatic nitrogens is 3. The van der Waals surface area contributed by atoms with Crippen LogP contribution in [0.25, 0.3) is 11.0 Å². The molecule has 1 saturated carbocycles. The Hall–Kier alpha value is -3.22. The third-order valence-electron chi connectivity index (χ3n) is 6.06. The van der Waals surface area contributed by atoms with Crippen LogP contribution in [0.5, 0.6) is 0 Å². The minimum Gasteiger partial charge on any atom is -0.349 e. The van der Waals surface area contributed by atoms with Crippen LogP contribution in [-0.4, -0.2) is 26.5 Å². The predicted molar refractivity (Wildman–Crippen MR) is 131 cm³/mol. The van der Waals surface area contributed by atoms with Crippen molar-refractivity contribution in [2.24, 2.45) is 5.41 Å². The molecule has 2 aromatic heterocycles. The average Bonchev–Trinajstić information content (AvgIpc) is 3.28. The monoisotopic (exact) mass is 447 g/mol. The molecule has 0 spiro atoms. The lowest BCUT2D eigenvalue weighted by molar-refractivity contribution is 0.0938. The number of nitrogens with zero attached hydrogens (tertiary/aromatic N) is 3. The van der Waals surface area contributed by atoms with Gasteiger partial charge in [-0.2, -0.15) is 4.98 Å². The summed E-state index contributed by atoms with van der Waals surface area (Å²) in [4.78, 5) is 34.1. The molecule has 174 valence electrons. The van der Waals surface area contributed by atoms with Gasteiger partial charge in [0.15, 0.2) is 0 Å². The zero-order chi connectivity index (χ0) is 23.6. The van der Waals surface area contributed by atoms with Crippen LogP contribution < -0.4 is 16.2 Å². The molecule has 0 unspecified atom stereocenters. The van der Waals surface area contributed by atoms with Crippen LogP contribution in [0.15, 0.2) is 47.4 Å². The Morgan fingerprint density at radius 1 is 1.12 bits per heavy atom. The Balaban J connectivity index is 1.50. The smallest absolute Gasteiger partial charge is 0.252 e. The molecule has 1 atom stereocenters. The Labute approximate surface area is 194 Å². The number of pyridine rings is 1. The van der Waals surface area contributed by atoms with Crippen molar-refractivity contribution >= 4 is 22.9 Å². The van der Waals surface area contributed by atoms with Gasteiger partial charge < -0.3 is 10.6 Å². The third-order valence-corrected chi connectivity index (χ3v) is 6.06. The largest absolute Gasteiger partial charge is 0.349 e. The Morgan fingerprint density at radius 2 is 1.82 bits per heavy atom. The molecule has 7 nitrogen and oxygen atoms in total. The van der Waals surface area contributed by atoms with Crippen molar-refractivity contribution in [1.82, 2.24) is 19.9 Å². The SMILES string of the molecule is C[C@H](Nc1ncc2ccc(=O)n(CC(C)(C)C)c2n1)c1ccc(C(=O)NC2CCCC2)cc1. The van der Waals surface area contributed by atoms with Crippen molar-refractivity contribution in [2.45, 2.75) is 72.0 Å². The van der Waals surface area contributed by atoms with E-state index < -0.39 is 0 Å². The molecule has 2 heterocycles. The molecule has 1 aliphatic carbocycles. The van der Waals surface area contributed by atoms with Gasteiger partial charge in [-0.15, -0.1) is 0 Å². The molecule has 1 aromatic carbocycles. The quantitative estimate of drug-likeness (QED) is 0.573.